The van der Waals surface area contributed by atoms with Crippen molar-refractivity contribution < 1.29 is 4.79 Å². The van der Waals surface area contributed by atoms with Crippen molar-refractivity contribution in [2.75, 3.05) is 6.54 Å². The molecule has 21 heavy (non-hydrogen) atoms. The Balaban J connectivity index is 1.91. The Kier molecular flexibility index (Phi) is 3.61. The molecule has 8 heteroatoms. The number of hydrogen-bond donors (Lipinski definition) is 3. The van der Waals surface area contributed by atoms with E-state index in [1.807, 2.05) is 13.9 Å². The average molecular weight is 299 g/mol. The molecule has 3 heterocycles. The zero-order valence-electron chi connectivity index (χ0n) is 11.7. The molecule has 0 radical (unpaired) electrons. The number of carbonyl (C=O) groups excluding carboxylic acids is 1. The third-order valence-electron chi connectivity index (χ3n) is 2.98. The average Bonchev–Trinajstić information content (AvgIpc) is 3.07. The van der Waals surface area contributed by atoms with Gasteiger partial charge in [0.15, 0.2) is 7.85 Å². The van der Waals surface area contributed by atoms with E-state index in [1.165, 1.54) is 6.92 Å². The minimum Gasteiger partial charge on any atom is -0.368 e. The molecule has 2 aromatic heterocycles. The quantitative estimate of drug-likeness (QED) is 0.683. The van der Waals surface area contributed by atoms with Gasteiger partial charge in [0.05, 0.1) is 4.88 Å². The summed E-state index contributed by atoms with van der Waals surface area (Å²) in [4.78, 5) is 24.1. The van der Waals surface area contributed by atoms with Crippen LogP contribution in [0.1, 0.15) is 11.9 Å². The molecular weight excluding hydrogens is 285 g/mol. The van der Waals surface area contributed by atoms with Crippen molar-refractivity contribution >= 4 is 36.3 Å². The molecule has 0 aliphatic carbocycles. The Bertz CT molecular complexity index is 732. The first-order valence-electron chi connectivity index (χ1n) is 6.54. The maximum Gasteiger partial charge on any atom is 0.222 e. The van der Waals surface area contributed by atoms with E-state index in [0.29, 0.717) is 12.4 Å². The second kappa shape index (κ2) is 5.57. The highest BCUT2D eigenvalue weighted by molar-refractivity contribution is 7.17. The van der Waals surface area contributed by atoms with Crippen molar-refractivity contribution in [2.24, 2.45) is 0 Å². The highest BCUT2D eigenvalue weighted by atomic mass is 32.1. The molecule has 3 N–H and O–H groups in total. The molecule has 0 bridgehead atoms. The molecule has 1 amide bonds. The van der Waals surface area contributed by atoms with Gasteiger partial charge in [0.1, 0.15) is 16.7 Å². The molecule has 2 aromatic rings. The lowest BCUT2D eigenvalue weighted by Crippen LogP contribution is -2.31. The number of thiazole rings is 1. The van der Waals surface area contributed by atoms with Gasteiger partial charge in [0.25, 0.3) is 0 Å². The Labute approximate surface area is 126 Å². The molecule has 0 saturated carbocycles. The number of H-pyrrole nitrogens is 1. The van der Waals surface area contributed by atoms with Gasteiger partial charge in [-0.1, -0.05) is 6.08 Å². The molecule has 106 valence electrons. The number of hydrogen-bond acceptors (Lipinski definition) is 5. The van der Waals surface area contributed by atoms with E-state index >= 15 is 0 Å². The number of dihydropyridines is 1. The number of aromatic nitrogens is 3. The normalized spacial score (nSPS) is 14.1. The fourth-order valence-corrected chi connectivity index (χ4v) is 3.12. The third kappa shape index (κ3) is 2.90. The summed E-state index contributed by atoms with van der Waals surface area (Å²) in [7, 11) is 1.97. The van der Waals surface area contributed by atoms with E-state index < -0.39 is 0 Å². The molecule has 0 aromatic carbocycles. The fraction of sp³-hybridized carbons (Fsp3) is 0.154. The topological polar surface area (TPSA) is 82.7 Å². The molecular formula is C13H14BN5OS. The predicted molar refractivity (Wildman–Crippen MR) is 85.8 cm³/mol. The van der Waals surface area contributed by atoms with Crippen molar-refractivity contribution in [3.05, 3.63) is 35.4 Å². The van der Waals surface area contributed by atoms with Crippen LogP contribution >= 0.6 is 11.3 Å². The number of nitrogens with zero attached hydrogens (tertiary/aromatic N) is 2. The van der Waals surface area contributed by atoms with Crippen LogP contribution in [0.4, 0.5) is 0 Å². The monoisotopic (exact) mass is 299 g/mol. The fourth-order valence-electron chi connectivity index (χ4n) is 2.08. The lowest BCUT2D eigenvalue weighted by atomic mass is 10.0. The molecule has 0 unspecified atom stereocenters. The summed E-state index contributed by atoms with van der Waals surface area (Å²) < 4.78 is 0. The van der Waals surface area contributed by atoms with Crippen molar-refractivity contribution in [1.82, 2.24) is 25.6 Å². The molecule has 6 nitrogen and oxygen atoms in total. The van der Waals surface area contributed by atoms with Crippen LogP contribution in [0.25, 0.3) is 16.3 Å². The van der Waals surface area contributed by atoms with Crippen LogP contribution in [0.5, 0.6) is 0 Å². The van der Waals surface area contributed by atoms with Gasteiger partial charge in [0, 0.05) is 37.0 Å². The zero-order chi connectivity index (χ0) is 14.8. The van der Waals surface area contributed by atoms with E-state index in [1.54, 1.807) is 23.7 Å². The summed E-state index contributed by atoms with van der Waals surface area (Å²) >= 11 is 1.59. The number of aromatic amines is 1. The SMILES string of the molecule is Bc1nc(C2=CCNC(NC(C)=O)=C2)sc1-c1ncc[nH]1. The van der Waals surface area contributed by atoms with Crippen LogP contribution in [0, 0.1) is 0 Å². The van der Waals surface area contributed by atoms with Crippen molar-refractivity contribution in [3.8, 4) is 10.7 Å². The van der Waals surface area contributed by atoms with Gasteiger partial charge in [-0.3, -0.25) is 9.78 Å². The maximum atomic E-state index is 11.1. The number of carbonyl (C=O) groups is 1. The van der Waals surface area contributed by atoms with Crippen LogP contribution in [0.2, 0.25) is 0 Å². The van der Waals surface area contributed by atoms with E-state index in [9.17, 15) is 4.79 Å². The van der Waals surface area contributed by atoms with E-state index in [-0.39, 0.29) is 5.91 Å². The van der Waals surface area contributed by atoms with Gasteiger partial charge in [-0.05, 0) is 6.08 Å². The second-order valence-corrected chi connectivity index (χ2v) is 5.65. The number of nitrogens with one attached hydrogen (secondary N) is 3. The van der Waals surface area contributed by atoms with Crippen molar-refractivity contribution in [1.29, 1.82) is 0 Å². The summed E-state index contributed by atoms with van der Waals surface area (Å²) in [5.41, 5.74) is 1.95. The van der Waals surface area contributed by atoms with Gasteiger partial charge in [-0.2, -0.15) is 0 Å². The van der Waals surface area contributed by atoms with Gasteiger partial charge >= 0.3 is 0 Å². The molecule has 0 atom stereocenters. The smallest absolute Gasteiger partial charge is 0.222 e. The van der Waals surface area contributed by atoms with Crippen LogP contribution in [0.15, 0.2) is 30.4 Å². The number of amides is 1. The van der Waals surface area contributed by atoms with Crippen molar-refractivity contribution in [3.63, 3.8) is 0 Å². The lowest BCUT2D eigenvalue weighted by molar-refractivity contribution is -0.118. The zero-order valence-corrected chi connectivity index (χ0v) is 12.5. The maximum absolute atomic E-state index is 11.1. The number of rotatable bonds is 3. The summed E-state index contributed by atoms with van der Waals surface area (Å²) in [5.74, 6) is 1.44. The first-order valence-corrected chi connectivity index (χ1v) is 7.36. The van der Waals surface area contributed by atoms with E-state index in [2.05, 4.69) is 31.7 Å². The van der Waals surface area contributed by atoms with Crippen LogP contribution in [-0.4, -0.2) is 35.3 Å². The molecule has 1 aliphatic rings. The minimum atomic E-state index is -0.0957. The number of imidazole rings is 1. The van der Waals surface area contributed by atoms with Gasteiger partial charge in [0.2, 0.25) is 5.91 Å². The van der Waals surface area contributed by atoms with Gasteiger partial charge < -0.3 is 15.6 Å². The summed E-state index contributed by atoms with van der Waals surface area (Å²) in [6.45, 7) is 2.15. The standard InChI is InChI=1S/C13H14BN5OS/c1-7(20)18-9-6-8(2-3-15-9)13-19-11(14)10(21-13)12-16-4-5-17-12/h2,4-6,15H,3,14H2,1H3,(H,16,17)(H,18,20). The second-order valence-electron chi connectivity index (χ2n) is 4.65. The largest absolute Gasteiger partial charge is 0.368 e. The summed E-state index contributed by atoms with van der Waals surface area (Å²) in [5, 5.41) is 6.79. The third-order valence-corrected chi connectivity index (χ3v) is 4.20. The predicted octanol–water partition coefficient (Wildman–Crippen LogP) is -0.244. The summed E-state index contributed by atoms with van der Waals surface area (Å²) in [6, 6.07) is 0. The van der Waals surface area contributed by atoms with Crippen LogP contribution < -0.4 is 16.2 Å². The van der Waals surface area contributed by atoms with Crippen LogP contribution in [0.3, 0.4) is 0 Å². The van der Waals surface area contributed by atoms with E-state index in [0.717, 1.165) is 26.9 Å². The first-order chi connectivity index (χ1) is 10.1. The highest BCUT2D eigenvalue weighted by Crippen LogP contribution is 2.27. The Morgan fingerprint density at radius 3 is 3.10 bits per heavy atom. The summed E-state index contributed by atoms with van der Waals surface area (Å²) in [6.07, 6.45) is 7.48. The Morgan fingerprint density at radius 1 is 1.52 bits per heavy atom. The molecule has 0 spiro atoms. The highest BCUT2D eigenvalue weighted by Gasteiger charge is 2.15. The van der Waals surface area contributed by atoms with E-state index in [4.69, 9.17) is 0 Å². The van der Waals surface area contributed by atoms with Crippen molar-refractivity contribution in [2.45, 2.75) is 6.92 Å². The minimum absolute atomic E-state index is 0.0957. The van der Waals surface area contributed by atoms with Crippen LogP contribution in [-0.2, 0) is 4.79 Å². The van der Waals surface area contributed by atoms with Gasteiger partial charge in [-0.15, -0.1) is 11.3 Å². The molecule has 3 rings (SSSR count). The molecule has 0 fully saturated rings. The van der Waals surface area contributed by atoms with Gasteiger partial charge in [-0.25, -0.2) is 4.98 Å². The Morgan fingerprint density at radius 2 is 2.38 bits per heavy atom. The Hall–Kier alpha value is -2.35. The molecule has 0 saturated heterocycles. The molecule has 1 aliphatic heterocycles. The first kappa shape index (κ1) is 13.6. The lowest BCUT2D eigenvalue weighted by Gasteiger charge is -2.15. The number of allylic oxidation sites excluding steroid dienone is 2.